The molecule has 1 aliphatic rings. The molecule has 0 spiro atoms. The first-order valence-corrected chi connectivity index (χ1v) is 10.0. The van der Waals surface area contributed by atoms with Crippen molar-refractivity contribution in [3.63, 3.8) is 0 Å². The molecule has 0 radical (unpaired) electrons. The van der Waals surface area contributed by atoms with Gasteiger partial charge in [0.05, 0.1) is 18.6 Å². The van der Waals surface area contributed by atoms with Gasteiger partial charge in [0.15, 0.2) is 5.65 Å². The number of hydrogen-bond donors (Lipinski definition) is 1. The fourth-order valence-electron chi connectivity index (χ4n) is 3.53. The Morgan fingerprint density at radius 1 is 1.07 bits per heavy atom. The van der Waals surface area contributed by atoms with Crippen LogP contribution >= 0.6 is 0 Å². The third kappa shape index (κ3) is 4.48. The molecule has 4 rings (SSSR count). The van der Waals surface area contributed by atoms with E-state index in [2.05, 4.69) is 24.8 Å². The minimum Gasteiger partial charge on any atom is -0.492 e. The van der Waals surface area contributed by atoms with Crippen LogP contribution in [0.5, 0.6) is 5.75 Å². The minimum absolute atomic E-state index is 0.0818. The number of hydrogen-bond acceptors (Lipinski definition) is 5. The van der Waals surface area contributed by atoms with Crippen LogP contribution in [0.2, 0.25) is 0 Å². The molecule has 152 valence electrons. The number of amides is 2. The molecule has 2 amide bonds. The summed E-state index contributed by atoms with van der Waals surface area (Å²) < 4.78 is 7.67. The number of imidazole rings is 1. The highest BCUT2D eigenvalue weighted by Gasteiger charge is 2.21. The molecular formula is C21H26N6O2. The Kier molecular flexibility index (Phi) is 5.90. The molecule has 0 bridgehead atoms. The van der Waals surface area contributed by atoms with Gasteiger partial charge in [-0.1, -0.05) is 12.1 Å². The Balaban J connectivity index is 1.27. The van der Waals surface area contributed by atoms with Crippen molar-refractivity contribution in [2.75, 3.05) is 44.6 Å². The summed E-state index contributed by atoms with van der Waals surface area (Å²) >= 11 is 0. The van der Waals surface area contributed by atoms with Crippen LogP contribution in [0, 0.1) is 0 Å². The van der Waals surface area contributed by atoms with E-state index in [1.165, 1.54) is 0 Å². The Morgan fingerprint density at radius 2 is 1.90 bits per heavy atom. The molecule has 1 aliphatic heterocycles. The molecule has 8 heteroatoms. The molecular weight excluding hydrogens is 368 g/mol. The highest BCUT2D eigenvalue weighted by atomic mass is 16.5. The Labute approximate surface area is 170 Å². The number of aromatic nitrogens is 3. The maximum absolute atomic E-state index is 12.6. The third-order valence-corrected chi connectivity index (χ3v) is 5.12. The molecule has 8 nitrogen and oxygen atoms in total. The molecule has 3 aromatic rings. The average molecular weight is 394 g/mol. The lowest BCUT2D eigenvalue weighted by Gasteiger charge is -2.34. The monoisotopic (exact) mass is 394 g/mol. The predicted molar refractivity (Wildman–Crippen MR) is 112 cm³/mol. The number of fused-ring (bicyclic) bond motifs is 1. The summed E-state index contributed by atoms with van der Waals surface area (Å²) in [5.74, 6) is 0.697. The van der Waals surface area contributed by atoms with E-state index in [0.717, 1.165) is 37.3 Å². The zero-order chi connectivity index (χ0) is 20.1. The Hall–Kier alpha value is -3.13. The number of pyridine rings is 1. The number of carbonyl (C=O) groups excluding carboxylic acids is 1. The van der Waals surface area contributed by atoms with Gasteiger partial charge < -0.3 is 19.5 Å². The number of urea groups is 1. The fourth-order valence-corrected chi connectivity index (χ4v) is 3.53. The first-order chi connectivity index (χ1) is 14.2. The third-order valence-electron chi connectivity index (χ3n) is 5.12. The van der Waals surface area contributed by atoms with Crippen LogP contribution in [0.1, 0.15) is 6.92 Å². The lowest BCUT2D eigenvalue weighted by Crippen LogP contribution is -2.50. The molecule has 2 aromatic heterocycles. The molecule has 1 N–H and O–H groups in total. The predicted octanol–water partition coefficient (Wildman–Crippen LogP) is 2.68. The van der Waals surface area contributed by atoms with Crippen LogP contribution in [-0.2, 0) is 6.54 Å². The number of para-hydroxylation sites is 2. The summed E-state index contributed by atoms with van der Waals surface area (Å²) in [7, 11) is 0. The van der Waals surface area contributed by atoms with Gasteiger partial charge in [-0.25, -0.2) is 14.8 Å². The molecule has 0 atom stereocenters. The zero-order valence-electron chi connectivity index (χ0n) is 16.6. The molecule has 0 aliphatic carbocycles. The number of benzene rings is 1. The second-order valence-corrected chi connectivity index (χ2v) is 6.97. The summed E-state index contributed by atoms with van der Waals surface area (Å²) in [6.07, 6.45) is 3.64. The van der Waals surface area contributed by atoms with Crippen molar-refractivity contribution in [1.29, 1.82) is 0 Å². The van der Waals surface area contributed by atoms with E-state index in [1.807, 2.05) is 54.5 Å². The molecule has 3 heterocycles. The van der Waals surface area contributed by atoms with E-state index in [4.69, 9.17) is 4.74 Å². The van der Waals surface area contributed by atoms with E-state index < -0.39 is 0 Å². The molecule has 0 unspecified atom stereocenters. The van der Waals surface area contributed by atoms with Gasteiger partial charge in [0.2, 0.25) is 0 Å². The average Bonchev–Trinajstić information content (AvgIpc) is 3.17. The van der Waals surface area contributed by atoms with Gasteiger partial charge in [0.1, 0.15) is 11.3 Å². The standard InChI is InChI=1S/C21H26N6O2/c1-2-29-19-8-4-3-6-17(19)24-21(28)26-13-10-25(11-14-26)12-15-27-16-23-18-7-5-9-22-20(18)27/h3-9,16H,2,10-15H2,1H3,(H,24,28). The van der Waals surface area contributed by atoms with Gasteiger partial charge in [0.25, 0.3) is 0 Å². The van der Waals surface area contributed by atoms with E-state index in [1.54, 1.807) is 6.20 Å². The van der Waals surface area contributed by atoms with E-state index in [9.17, 15) is 4.79 Å². The highest BCUT2D eigenvalue weighted by molar-refractivity contribution is 5.91. The van der Waals surface area contributed by atoms with Gasteiger partial charge in [-0.3, -0.25) is 4.90 Å². The summed E-state index contributed by atoms with van der Waals surface area (Å²) in [6, 6.07) is 11.3. The van der Waals surface area contributed by atoms with Crippen molar-refractivity contribution in [2.24, 2.45) is 0 Å². The second-order valence-electron chi connectivity index (χ2n) is 6.97. The second kappa shape index (κ2) is 8.91. The van der Waals surface area contributed by atoms with Crippen LogP contribution in [0.4, 0.5) is 10.5 Å². The maximum Gasteiger partial charge on any atom is 0.322 e. The van der Waals surface area contributed by atoms with Crippen LogP contribution < -0.4 is 10.1 Å². The first kappa shape index (κ1) is 19.2. The number of nitrogens with zero attached hydrogens (tertiary/aromatic N) is 5. The topological polar surface area (TPSA) is 75.5 Å². The lowest BCUT2D eigenvalue weighted by atomic mass is 10.3. The Morgan fingerprint density at radius 3 is 2.72 bits per heavy atom. The lowest BCUT2D eigenvalue weighted by molar-refractivity contribution is 0.144. The van der Waals surface area contributed by atoms with Crippen molar-refractivity contribution in [3.05, 3.63) is 48.9 Å². The smallest absolute Gasteiger partial charge is 0.322 e. The van der Waals surface area contributed by atoms with Gasteiger partial charge >= 0.3 is 6.03 Å². The SMILES string of the molecule is CCOc1ccccc1NC(=O)N1CCN(CCn2cnc3cccnc32)CC1. The van der Waals surface area contributed by atoms with Crippen molar-refractivity contribution >= 4 is 22.9 Å². The van der Waals surface area contributed by atoms with Crippen LogP contribution in [0.15, 0.2) is 48.9 Å². The van der Waals surface area contributed by atoms with Gasteiger partial charge in [0, 0.05) is 45.5 Å². The van der Waals surface area contributed by atoms with E-state index in [-0.39, 0.29) is 6.03 Å². The van der Waals surface area contributed by atoms with Gasteiger partial charge in [-0.05, 0) is 31.2 Å². The van der Waals surface area contributed by atoms with Crippen molar-refractivity contribution < 1.29 is 9.53 Å². The number of ether oxygens (including phenoxy) is 1. The largest absolute Gasteiger partial charge is 0.492 e. The molecule has 1 aromatic carbocycles. The number of piperazine rings is 1. The quantitative estimate of drug-likeness (QED) is 0.696. The molecule has 1 saturated heterocycles. The zero-order valence-corrected chi connectivity index (χ0v) is 16.6. The number of carbonyl (C=O) groups is 1. The minimum atomic E-state index is -0.0818. The molecule has 0 saturated carbocycles. The van der Waals surface area contributed by atoms with Crippen LogP contribution in [0.3, 0.4) is 0 Å². The first-order valence-electron chi connectivity index (χ1n) is 10.0. The van der Waals surface area contributed by atoms with Crippen molar-refractivity contribution in [1.82, 2.24) is 24.3 Å². The summed E-state index contributed by atoms with van der Waals surface area (Å²) in [4.78, 5) is 25.7. The van der Waals surface area contributed by atoms with Crippen molar-refractivity contribution in [2.45, 2.75) is 13.5 Å². The summed E-state index contributed by atoms with van der Waals surface area (Å²) in [5.41, 5.74) is 2.54. The van der Waals surface area contributed by atoms with E-state index >= 15 is 0 Å². The number of anilines is 1. The summed E-state index contributed by atoms with van der Waals surface area (Å²) in [5, 5.41) is 2.98. The van der Waals surface area contributed by atoms with Crippen molar-refractivity contribution in [3.8, 4) is 5.75 Å². The number of rotatable bonds is 6. The van der Waals surface area contributed by atoms with Gasteiger partial charge in [-0.15, -0.1) is 0 Å². The van der Waals surface area contributed by atoms with Crippen LogP contribution in [-0.4, -0.2) is 69.7 Å². The molecule has 1 fully saturated rings. The highest BCUT2D eigenvalue weighted by Crippen LogP contribution is 2.24. The Bertz CT molecular complexity index is 964. The molecule has 29 heavy (non-hydrogen) atoms. The van der Waals surface area contributed by atoms with E-state index in [0.29, 0.717) is 31.1 Å². The fraction of sp³-hybridized carbons (Fsp3) is 0.381. The van der Waals surface area contributed by atoms with Crippen LogP contribution in [0.25, 0.3) is 11.2 Å². The number of nitrogens with one attached hydrogen (secondary N) is 1. The normalized spacial score (nSPS) is 14.9. The van der Waals surface area contributed by atoms with Gasteiger partial charge in [-0.2, -0.15) is 0 Å². The summed E-state index contributed by atoms with van der Waals surface area (Å²) in [6.45, 7) is 7.33. The maximum atomic E-state index is 12.6.